The standard InChI is InChI=1S/C22H20F2NO2PS/c1-4-28(26,5-2)19-12-8-17(9-13-19)21-7-6-16-25-22(21)27-18-10-14-20(15-11-18)29(3,23)24/h4-16H,1-2H2,3H3. The molecule has 0 N–H and O–H groups in total. The summed E-state index contributed by atoms with van der Waals surface area (Å²) in [6, 6.07) is 16.5. The Labute approximate surface area is 171 Å². The van der Waals surface area contributed by atoms with Crippen LogP contribution in [0.4, 0.5) is 7.77 Å². The van der Waals surface area contributed by atoms with Gasteiger partial charge in [-0.2, -0.15) is 7.77 Å². The second-order valence-electron chi connectivity index (χ2n) is 6.28. The molecule has 0 spiro atoms. The minimum atomic E-state index is -3.77. The van der Waals surface area contributed by atoms with Crippen molar-refractivity contribution in [1.29, 1.82) is 0 Å². The first-order valence-electron chi connectivity index (χ1n) is 8.65. The van der Waals surface area contributed by atoms with Crippen LogP contribution in [0.1, 0.15) is 0 Å². The van der Waals surface area contributed by atoms with Crippen LogP contribution < -0.4 is 10.0 Å². The quantitative estimate of drug-likeness (QED) is 0.366. The van der Waals surface area contributed by atoms with Gasteiger partial charge in [-0.3, -0.25) is 0 Å². The normalized spacial score (nSPS) is 12.2. The molecule has 1 heterocycles. The van der Waals surface area contributed by atoms with E-state index < -0.39 is 17.9 Å². The van der Waals surface area contributed by atoms with Crippen LogP contribution in [0.25, 0.3) is 11.1 Å². The van der Waals surface area contributed by atoms with E-state index in [9.17, 15) is 12.3 Å². The Morgan fingerprint density at radius 3 is 2.17 bits per heavy atom. The third kappa shape index (κ3) is 4.66. The minimum absolute atomic E-state index is 0.00412. The third-order valence-corrected chi connectivity index (χ3v) is 7.64. The average molecular weight is 431 g/mol. The molecule has 0 aliphatic carbocycles. The van der Waals surface area contributed by atoms with E-state index in [2.05, 4.69) is 18.1 Å². The molecule has 3 nitrogen and oxygen atoms in total. The summed E-state index contributed by atoms with van der Waals surface area (Å²) in [6.45, 7) is 7.27. The van der Waals surface area contributed by atoms with Gasteiger partial charge in [0.25, 0.3) is 0 Å². The summed E-state index contributed by atoms with van der Waals surface area (Å²) in [4.78, 5) is 4.27. The van der Waals surface area contributed by atoms with Gasteiger partial charge >= 0.3 is 0 Å². The Kier molecular flexibility index (Phi) is 6.06. The molecule has 2 aromatic carbocycles. The lowest BCUT2D eigenvalue weighted by Gasteiger charge is -2.15. The fourth-order valence-electron chi connectivity index (χ4n) is 2.71. The molecule has 0 saturated carbocycles. The Hall–Kier alpha value is -2.69. The van der Waals surface area contributed by atoms with Crippen molar-refractivity contribution < 1.29 is 17.1 Å². The second kappa shape index (κ2) is 8.36. The molecule has 0 aliphatic rings. The van der Waals surface area contributed by atoms with Crippen LogP contribution in [-0.2, 0) is 4.57 Å². The molecule has 0 fully saturated rings. The smallest absolute Gasteiger partial charge is 0.227 e. The van der Waals surface area contributed by atoms with E-state index in [1.54, 1.807) is 24.4 Å². The Morgan fingerprint density at radius 1 is 1.00 bits per heavy atom. The molecule has 7 heteroatoms. The lowest BCUT2D eigenvalue weighted by molar-refractivity contribution is 0.464. The first-order chi connectivity index (χ1) is 13.8. The van der Waals surface area contributed by atoms with Crippen LogP contribution in [-0.4, -0.2) is 11.2 Å². The van der Waals surface area contributed by atoms with Gasteiger partial charge in [-0.25, -0.2) is 4.98 Å². The largest absolute Gasteiger partial charge is 0.438 e. The number of aromatic nitrogens is 1. The monoisotopic (exact) mass is 431 g/mol. The number of hydrogen-bond acceptors (Lipinski definition) is 3. The number of hydrogen-bond donors (Lipinski definition) is 0. The summed E-state index contributed by atoms with van der Waals surface area (Å²) in [5, 5.41) is 0.635. The van der Waals surface area contributed by atoms with Crippen molar-refractivity contribution in [3.05, 3.63) is 91.7 Å². The summed E-state index contributed by atoms with van der Waals surface area (Å²) in [7, 11) is -6.58. The summed E-state index contributed by atoms with van der Waals surface area (Å²) in [5.74, 6) is 3.59. The van der Waals surface area contributed by atoms with Gasteiger partial charge in [0.2, 0.25) is 5.88 Å². The van der Waals surface area contributed by atoms with Crippen molar-refractivity contribution in [2.24, 2.45) is 0 Å². The Bertz CT molecular complexity index is 1070. The molecule has 0 bridgehead atoms. The van der Waals surface area contributed by atoms with Gasteiger partial charge in [0, 0.05) is 28.2 Å². The number of nitrogens with zero attached hydrogens (tertiary/aromatic N) is 1. The predicted molar refractivity (Wildman–Crippen MR) is 118 cm³/mol. The summed E-state index contributed by atoms with van der Waals surface area (Å²) in [6.07, 6.45) is 2.52. The molecule has 0 unspecified atom stereocenters. The number of rotatable bonds is 7. The number of pyridine rings is 1. The van der Waals surface area contributed by atoms with Crippen LogP contribution in [0.3, 0.4) is 0 Å². The topological polar surface area (TPSA) is 39.2 Å². The Morgan fingerprint density at radius 2 is 1.62 bits per heavy atom. The van der Waals surface area contributed by atoms with Crippen LogP contribution in [0.2, 0.25) is 0 Å². The fraction of sp³-hybridized carbons (Fsp3) is 0.0455. The van der Waals surface area contributed by atoms with E-state index >= 15 is 0 Å². The summed E-state index contributed by atoms with van der Waals surface area (Å²) < 4.78 is 45.4. The zero-order chi connectivity index (χ0) is 21.1. The molecule has 1 aromatic heterocycles. The first kappa shape index (κ1) is 21.0. The first-order valence-corrected chi connectivity index (χ1v) is 12.3. The van der Waals surface area contributed by atoms with Gasteiger partial charge in [-0.1, -0.05) is 37.4 Å². The highest BCUT2D eigenvalue weighted by Crippen LogP contribution is 2.55. The number of halogens is 2. The molecule has 0 atom stereocenters. The predicted octanol–water partition coefficient (Wildman–Crippen LogP) is 7.38. The molecule has 0 aliphatic heterocycles. The maximum Gasteiger partial charge on any atom is 0.227 e. The Balaban J connectivity index is 1.90. The molecular weight excluding hydrogens is 411 g/mol. The van der Waals surface area contributed by atoms with E-state index in [-0.39, 0.29) is 4.90 Å². The van der Waals surface area contributed by atoms with Gasteiger partial charge in [-0.15, -0.1) is 0 Å². The van der Waals surface area contributed by atoms with E-state index in [1.807, 2.05) is 18.2 Å². The van der Waals surface area contributed by atoms with Crippen molar-refractivity contribution in [1.82, 2.24) is 4.98 Å². The lowest BCUT2D eigenvalue weighted by Crippen LogP contribution is -2.00. The van der Waals surface area contributed by atoms with Crippen molar-refractivity contribution in [2.75, 3.05) is 6.26 Å². The highest BCUT2D eigenvalue weighted by Gasteiger charge is 2.19. The summed E-state index contributed by atoms with van der Waals surface area (Å²) in [5.41, 5.74) is 1.54. The maximum absolute atomic E-state index is 13.5. The lowest BCUT2D eigenvalue weighted by atomic mass is 10.1. The summed E-state index contributed by atoms with van der Waals surface area (Å²) >= 11 is 0. The minimum Gasteiger partial charge on any atom is -0.438 e. The van der Waals surface area contributed by atoms with Crippen molar-refractivity contribution >= 4 is 23.2 Å². The van der Waals surface area contributed by atoms with Gasteiger partial charge in [0.15, 0.2) is 7.14 Å². The molecule has 3 rings (SSSR count). The van der Waals surface area contributed by atoms with Gasteiger partial charge < -0.3 is 9.30 Å². The zero-order valence-corrected chi connectivity index (χ0v) is 17.5. The van der Waals surface area contributed by atoms with E-state index in [4.69, 9.17) is 4.74 Å². The van der Waals surface area contributed by atoms with Crippen LogP contribution in [0.5, 0.6) is 11.6 Å². The molecule has 0 radical (unpaired) electrons. The average Bonchev–Trinajstić information content (AvgIpc) is 2.73. The molecule has 29 heavy (non-hydrogen) atoms. The van der Waals surface area contributed by atoms with Crippen LogP contribution in [0, 0.1) is 0 Å². The van der Waals surface area contributed by atoms with Gasteiger partial charge in [0.05, 0.1) is 10.8 Å². The number of benzene rings is 2. The SMILES string of the molecule is C=CP(=O)(C=C)c1ccc(-c2cccnc2Oc2ccc(S(C)(F)F)cc2)cc1. The zero-order valence-electron chi connectivity index (χ0n) is 15.8. The molecule has 3 aromatic rings. The second-order valence-corrected chi connectivity index (χ2v) is 10.9. The molecule has 0 amide bonds. The van der Waals surface area contributed by atoms with Crippen LogP contribution >= 0.6 is 17.9 Å². The highest BCUT2D eigenvalue weighted by atomic mass is 32.3. The van der Waals surface area contributed by atoms with Gasteiger partial charge in [-0.05, 0) is 53.6 Å². The highest BCUT2D eigenvalue weighted by molar-refractivity contribution is 8.24. The third-order valence-electron chi connectivity index (χ3n) is 4.35. The van der Waals surface area contributed by atoms with E-state index in [0.717, 1.165) is 17.4 Å². The van der Waals surface area contributed by atoms with Crippen molar-refractivity contribution in [3.8, 4) is 22.8 Å². The van der Waals surface area contributed by atoms with Crippen molar-refractivity contribution in [2.45, 2.75) is 4.90 Å². The van der Waals surface area contributed by atoms with Crippen LogP contribution in [0.15, 0.2) is 96.5 Å². The van der Waals surface area contributed by atoms with E-state index in [1.165, 1.54) is 35.9 Å². The van der Waals surface area contributed by atoms with Gasteiger partial charge in [0.1, 0.15) is 5.75 Å². The van der Waals surface area contributed by atoms with Crippen molar-refractivity contribution in [3.63, 3.8) is 0 Å². The van der Waals surface area contributed by atoms with E-state index in [0.29, 0.717) is 16.9 Å². The molecule has 0 saturated heterocycles. The fourth-order valence-corrected chi connectivity index (χ4v) is 4.51. The maximum atomic E-state index is 13.5. The number of ether oxygens (including phenoxy) is 1. The molecule has 150 valence electrons. The molecular formula is C22H20F2NO2PS.